The van der Waals surface area contributed by atoms with Crippen LogP contribution in [-0.2, 0) is 18.4 Å². The number of rotatable bonds is 2. The average molecular weight is 273 g/mol. The molecule has 1 aliphatic rings. The number of aliphatic hydroxyl groups is 1. The van der Waals surface area contributed by atoms with Crippen LogP contribution in [-0.4, -0.2) is 5.11 Å². The van der Waals surface area contributed by atoms with Crippen LogP contribution in [0.5, 0.6) is 0 Å². The number of hydrogen-bond acceptors (Lipinski definition) is 1. The Hall–Kier alpha value is -1.31. The highest BCUT2D eigenvalue weighted by molar-refractivity contribution is 6.30. The van der Waals surface area contributed by atoms with Gasteiger partial charge in [0, 0.05) is 11.4 Å². The van der Waals surface area contributed by atoms with Gasteiger partial charge in [0.25, 0.3) is 0 Å². The highest BCUT2D eigenvalue weighted by Gasteiger charge is 2.36. The third-order valence-corrected chi connectivity index (χ3v) is 4.24. The van der Waals surface area contributed by atoms with E-state index in [-0.39, 0.29) is 0 Å². The average Bonchev–Trinajstić information content (AvgIpc) is 2.70. The van der Waals surface area contributed by atoms with Crippen LogP contribution in [0.25, 0.3) is 0 Å². The van der Waals surface area contributed by atoms with Gasteiger partial charge in [-0.05, 0) is 48.6 Å². The largest absolute Gasteiger partial charge is 0.385 e. The standard InChI is InChI=1S/C17H17ClO/c1-12-2-5-14-8-9-17(19,16(14)10-12)11-13-3-6-15(18)7-4-13/h2-7,10,19H,8-9,11H2,1H3. The second-order valence-corrected chi connectivity index (χ2v) is 5.93. The molecule has 0 saturated carbocycles. The predicted octanol–water partition coefficient (Wildman–Crippen LogP) is 4.02. The molecule has 0 heterocycles. The SMILES string of the molecule is Cc1ccc2c(c1)C(O)(Cc1ccc(Cl)cc1)CC2. The molecule has 1 nitrogen and oxygen atoms in total. The monoisotopic (exact) mass is 272 g/mol. The Morgan fingerprint density at radius 1 is 1.16 bits per heavy atom. The van der Waals surface area contributed by atoms with E-state index in [4.69, 9.17) is 11.6 Å². The summed E-state index contributed by atoms with van der Waals surface area (Å²) in [5, 5.41) is 11.7. The summed E-state index contributed by atoms with van der Waals surface area (Å²) in [6.45, 7) is 2.07. The minimum absolute atomic E-state index is 0.653. The molecule has 2 aromatic rings. The van der Waals surface area contributed by atoms with E-state index < -0.39 is 5.60 Å². The van der Waals surface area contributed by atoms with E-state index in [9.17, 15) is 5.11 Å². The van der Waals surface area contributed by atoms with Gasteiger partial charge in [0.15, 0.2) is 0 Å². The Bertz CT molecular complexity index is 603. The quantitative estimate of drug-likeness (QED) is 0.875. The molecule has 1 unspecified atom stereocenters. The summed E-state index contributed by atoms with van der Waals surface area (Å²) in [6.07, 6.45) is 2.41. The van der Waals surface area contributed by atoms with Crippen molar-refractivity contribution in [2.45, 2.75) is 31.8 Å². The molecule has 0 amide bonds. The van der Waals surface area contributed by atoms with Crippen LogP contribution in [0.3, 0.4) is 0 Å². The summed E-state index contributed by atoms with van der Waals surface area (Å²) in [7, 11) is 0. The molecule has 3 rings (SSSR count). The Labute approximate surface area is 118 Å². The van der Waals surface area contributed by atoms with Gasteiger partial charge in [-0.3, -0.25) is 0 Å². The van der Waals surface area contributed by atoms with Gasteiger partial charge in [0.05, 0.1) is 5.60 Å². The number of benzene rings is 2. The summed E-state index contributed by atoms with van der Waals surface area (Å²) in [5.74, 6) is 0. The van der Waals surface area contributed by atoms with E-state index >= 15 is 0 Å². The summed E-state index contributed by atoms with van der Waals surface area (Å²) in [5.41, 5.74) is 3.98. The molecule has 0 saturated heterocycles. The molecule has 0 radical (unpaired) electrons. The maximum atomic E-state index is 11.0. The van der Waals surface area contributed by atoms with Crippen molar-refractivity contribution < 1.29 is 5.11 Å². The van der Waals surface area contributed by atoms with Gasteiger partial charge in [0.1, 0.15) is 0 Å². The molecule has 98 valence electrons. The Morgan fingerprint density at radius 2 is 1.89 bits per heavy atom. The fraction of sp³-hybridized carbons (Fsp3) is 0.294. The van der Waals surface area contributed by atoms with Gasteiger partial charge < -0.3 is 5.11 Å². The first kappa shape index (κ1) is 12.7. The lowest BCUT2D eigenvalue weighted by Gasteiger charge is -2.24. The lowest BCUT2D eigenvalue weighted by atomic mass is 9.88. The molecule has 0 aromatic heterocycles. The lowest BCUT2D eigenvalue weighted by molar-refractivity contribution is 0.0389. The number of halogens is 1. The first-order chi connectivity index (χ1) is 9.07. The molecule has 2 aromatic carbocycles. The maximum Gasteiger partial charge on any atom is 0.0942 e. The van der Waals surface area contributed by atoms with Crippen LogP contribution < -0.4 is 0 Å². The summed E-state index contributed by atoms with van der Waals surface area (Å²) in [6, 6.07) is 14.1. The molecule has 19 heavy (non-hydrogen) atoms. The first-order valence-corrected chi connectivity index (χ1v) is 7.01. The van der Waals surface area contributed by atoms with Crippen molar-refractivity contribution in [3.05, 3.63) is 69.7 Å². The van der Waals surface area contributed by atoms with Crippen LogP contribution >= 0.6 is 11.6 Å². The zero-order valence-electron chi connectivity index (χ0n) is 11.0. The van der Waals surface area contributed by atoms with E-state index in [1.54, 1.807) is 0 Å². The molecule has 0 spiro atoms. The molecule has 0 bridgehead atoms. The van der Waals surface area contributed by atoms with Crippen molar-refractivity contribution >= 4 is 11.6 Å². The first-order valence-electron chi connectivity index (χ1n) is 6.64. The zero-order valence-corrected chi connectivity index (χ0v) is 11.7. The molecule has 1 N–H and O–H groups in total. The van der Waals surface area contributed by atoms with E-state index in [1.165, 1.54) is 11.1 Å². The highest BCUT2D eigenvalue weighted by atomic mass is 35.5. The van der Waals surface area contributed by atoms with Crippen LogP contribution in [0.1, 0.15) is 28.7 Å². The lowest BCUT2D eigenvalue weighted by Crippen LogP contribution is -2.25. The summed E-state index contributed by atoms with van der Waals surface area (Å²) < 4.78 is 0. The molecular formula is C17H17ClO. The van der Waals surface area contributed by atoms with Crippen LogP contribution in [0.15, 0.2) is 42.5 Å². The van der Waals surface area contributed by atoms with Gasteiger partial charge in [-0.1, -0.05) is 47.5 Å². The van der Waals surface area contributed by atoms with E-state index in [0.29, 0.717) is 6.42 Å². The van der Waals surface area contributed by atoms with Gasteiger partial charge >= 0.3 is 0 Å². The Kier molecular flexibility index (Phi) is 3.12. The van der Waals surface area contributed by atoms with Gasteiger partial charge in [-0.2, -0.15) is 0 Å². The van der Waals surface area contributed by atoms with Crippen molar-refractivity contribution in [3.8, 4) is 0 Å². The number of fused-ring (bicyclic) bond motifs is 1. The van der Waals surface area contributed by atoms with E-state index in [0.717, 1.165) is 29.0 Å². The predicted molar refractivity (Wildman–Crippen MR) is 78.6 cm³/mol. The normalized spacial score (nSPS) is 21.4. The van der Waals surface area contributed by atoms with Gasteiger partial charge in [-0.25, -0.2) is 0 Å². The third-order valence-electron chi connectivity index (χ3n) is 3.98. The topological polar surface area (TPSA) is 20.2 Å². The maximum absolute atomic E-state index is 11.0. The second-order valence-electron chi connectivity index (χ2n) is 5.50. The zero-order chi connectivity index (χ0) is 13.5. The van der Waals surface area contributed by atoms with Crippen LogP contribution in [0.4, 0.5) is 0 Å². The van der Waals surface area contributed by atoms with Crippen molar-refractivity contribution in [2.24, 2.45) is 0 Å². The summed E-state index contributed by atoms with van der Waals surface area (Å²) >= 11 is 5.90. The molecule has 0 aliphatic heterocycles. The van der Waals surface area contributed by atoms with Gasteiger partial charge in [-0.15, -0.1) is 0 Å². The Morgan fingerprint density at radius 3 is 2.63 bits per heavy atom. The molecule has 1 atom stereocenters. The van der Waals surface area contributed by atoms with Crippen molar-refractivity contribution in [1.82, 2.24) is 0 Å². The molecule has 2 heteroatoms. The second kappa shape index (κ2) is 4.66. The van der Waals surface area contributed by atoms with E-state index in [2.05, 4.69) is 25.1 Å². The van der Waals surface area contributed by atoms with Crippen LogP contribution in [0, 0.1) is 6.92 Å². The number of hydrogen-bond donors (Lipinski definition) is 1. The minimum Gasteiger partial charge on any atom is -0.385 e. The summed E-state index contributed by atoms with van der Waals surface area (Å²) in [4.78, 5) is 0. The minimum atomic E-state index is -0.727. The smallest absolute Gasteiger partial charge is 0.0942 e. The molecular weight excluding hydrogens is 256 g/mol. The fourth-order valence-electron chi connectivity index (χ4n) is 2.94. The van der Waals surface area contributed by atoms with Crippen LogP contribution in [0.2, 0.25) is 5.02 Å². The van der Waals surface area contributed by atoms with Gasteiger partial charge in [0.2, 0.25) is 0 Å². The van der Waals surface area contributed by atoms with E-state index in [1.807, 2.05) is 24.3 Å². The molecule has 0 fully saturated rings. The van der Waals surface area contributed by atoms with Crippen molar-refractivity contribution in [3.63, 3.8) is 0 Å². The van der Waals surface area contributed by atoms with Crippen molar-refractivity contribution in [1.29, 1.82) is 0 Å². The van der Waals surface area contributed by atoms with Crippen molar-refractivity contribution in [2.75, 3.05) is 0 Å². The number of aryl methyl sites for hydroxylation is 2. The highest BCUT2D eigenvalue weighted by Crippen LogP contribution is 2.39. The Balaban J connectivity index is 1.93. The fourth-order valence-corrected chi connectivity index (χ4v) is 3.07. The third kappa shape index (κ3) is 2.41. The molecule has 1 aliphatic carbocycles.